The van der Waals surface area contributed by atoms with Crippen LogP contribution >= 0.6 is 23.5 Å². The fourth-order valence-corrected chi connectivity index (χ4v) is 6.62. The highest BCUT2D eigenvalue weighted by Gasteiger charge is 2.44. The number of hydrazine groups is 1. The van der Waals surface area contributed by atoms with E-state index in [4.69, 9.17) is 9.84 Å². The molecule has 2 heterocycles. The third-order valence-electron chi connectivity index (χ3n) is 5.23. The molecule has 2 amide bonds. The molecule has 3 rings (SSSR count). The van der Waals surface area contributed by atoms with E-state index in [2.05, 4.69) is 4.72 Å². The molecule has 1 aromatic carbocycles. The van der Waals surface area contributed by atoms with Crippen LogP contribution in [-0.2, 0) is 29.1 Å². The van der Waals surface area contributed by atoms with E-state index < -0.39 is 27.8 Å². The second kappa shape index (κ2) is 11.7. The summed E-state index contributed by atoms with van der Waals surface area (Å²) in [7, 11) is -3.35. The molecule has 36 heavy (non-hydrogen) atoms. The lowest BCUT2D eigenvalue weighted by atomic mass is 10.2. The summed E-state index contributed by atoms with van der Waals surface area (Å²) in [5.74, 6) is -2.19. The molecule has 0 unspecified atom stereocenters. The first-order chi connectivity index (χ1) is 16.9. The van der Waals surface area contributed by atoms with Crippen molar-refractivity contribution in [1.29, 1.82) is 0 Å². The van der Waals surface area contributed by atoms with Crippen molar-refractivity contribution < 1.29 is 42.9 Å². The highest BCUT2D eigenvalue weighted by atomic mass is 32.2. The van der Waals surface area contributed by atoms with Gasteiger partial charge in [0.2, 0.25) is 10.0 Å². The van der Waals surface area contributed by atoms with Crippen LogP contribution in [0.1, 0.15) is 24.8 Å². The van der Waals surface area contributed by atoms with Crippen LogP contribution in [0.5, 0.6) is 11.5 Å². The van der Waals surface area contributed by atoms with Crippen molar-refractivity contribution in [3.05, 3.63) is 21.4 Å². The molecule has 2 aliphatic rings. The summed E-state index contributed by atoms with van der Waals surface area (Å²) < 4.78 is 30.3. The van der Waals surface area contributed by atoms with E-state index in [1.165, 1.54) is 16.1 Å². The number of benzene rings is 1. The van der Waals surface area contributed by atoms with E-state index >= 15 is 0 Å². The number of fused-ring (bicyclic) bond motifs is 1. The second-order valence-corrected chi connectivity index (χ2v) is 12.2. The molecule has 12 nitrogen and oxygen atoms in total. The van der Waals surface area contributed by atoms with E-state index in [0.29, 0.717) is 32.4 Å². The van der Waals surface area contributed by atoms with Gasteiger partial charge in [0.05, 0.1) is 40.0 Å². The quantitative estimate of drug-likeness (QED) is 0.125. The number of hydrogen-bond donors (Lipinski definition) is 4. The second-order valence-electron chi connectivity index (χ2n) is 8.07. The summed E-state index contributed by atoms with van der Waals surface area (Å²) in [6.45, 7) is 1.90. The van der Waals surface area contributed by atoms with Gasteiger partial charge in [-0.15, -0.1) is 0 Å². The number of nitrogens with zero attached hydrogens (tertiary/aromatic N) is 2. The van der Waals surface area contributed by atoms with Crippen molar-refractivity contribution >= 4 is 51.3 Å². The third kappa shape index (κ3) is 6.64. The van der Waals surface area contributed by atoms with Crippen molar-refractivity contribution in [2.45, 2.75) is 36.0 Å². The van der Waals surface area contributed by atoms with Gasteiger partial charge in [-0.1, -0.05) is 23.5 Å². The molecular weight excluding hydrogens is 534 g/mol. The van der Waals surface area contributed by atoms with Gasteiger partial charge in [0.15, 0.2) is 0 Å². The van der Waals surface area contributed by atoms with Crippen molar-refractivity contribution in [2.24, 2.45) is 0 Å². The lowest BCUT2D eigenvalue weighted by Crippen LogP contribution is -2.43. The minimum absolute atomic E-state index is 0.0110. The number of carbonyl (C=O) groups is 3. The number of ether oxygens (including phenoxy) is 1. The molecule has 198 valence electrons. The number of phenols is 2. The highest BCUT2D eigenvalue weighted by Crippen LogP contribution is 2.59. The molecule has 0 bridgehead atoms. The maximum atomic E-state index is 13.3. The van der Waals surface area contributed by atoms with Crippen molar-refractivity contribution in [2.75, 3.05) is 39.1 Å². The molecule has 1 fully saturated rings. The molecule has 0 saturated carbocycles. The van der Waals surface area contributed by atoms with E-state index in [9.17, 15) is 33.0 Å². The summed E-state index contributed by atoms with van der Waals surface area (Å²) >= 11 is 2.06. The first-order valence-corrected chi connectivity index (χ1v) is 14.5. The molecule has 1 saturated heterocycles. The Labute approximate surface area is 216 Å². The van der Waals surface area contributed by atoms with Gasteiger partial charge in [0.25, 0.3) is 11.8 Å². The summed E-state index contributed by atoms with van der Waals surface area (Å²) in [5.41, 5.74) is 0.355. The maximum Gasteiger partial charge on any atom is 0.303 e. The molecular formula is C21H27N3O9S3. The lowest BCUT2D eigenvalue weighted by Gasteiger charge is -2.27. The summed E-state index contributed by atoms with van der Waals surface area (Å²) in [6.07, 6.45) is 1.62. The number of aryl methyl sites for hydroxylation is 1. The van der Waals surface area contributed by atoms with Gasteiger partial charge in [-0.25, -0.2) is 23.2 Å². The Hall–Kier alpha value is -2.46. The topological polar surface area (TPSA) is 174 Å². The fraction of sp³-hybridized carbons (Fsp3) is 0.476. The Bertz CT molecular complexity index is 1200. The van der Waals surface area contributed by atoms with Crippen LogP contribution in [0.25, 0.3) is 0 Å². The van der Waals surface area contributed by atoms with Crippen LogP contribution in [0.3, 0.4) is 0 Å². The number of aromatic hydroxyl groups is 2. The van der Waals surface area contributed by atoms with Crippen molar-refractivity contribution in [3.8, 4) is 11.5 Å². The number of carboxylic acids is 1. The monoisotopic (exact) mass is 561 g/mol. The predicted octanol–water partition coefficient (Wildman–Crippen LogP) is 1.22. The van der Waals surface area contributed by atoms with Crippen LogP contribution in [0.4, 0.5) is 0 Å². The number of amides is 2. The van der Waals surface area contributed by atoms with Crippen molar-refractivity contribution in [1.82, 2.24) is 14.7 Å². The Balaban J connectivity index is 1.76. The average molecular weight is 562 g/mol. The lowest BCUT2D eigenvalue weighted by molar-refractivity contribution is -0.148. The number of rotatable bonds is 12. The molecule has 0 aliphatic carbocycles. The average Bonchev–Trinajstić information content (AvgIpc) is 3.31. The number of carboxylic acid groups (broad SMARTS) is 1. The Morgan fingerprint density at radius 2 is 1.69 bits per heavy atom. The van der Waals surface area contributed by atoms with Gasteiger partial charge in [0.1, 0.15) is 17.1 Å². The van der Waals surface area contributed by atoms with E-state index in [1.807, 2.05) is 0 Å². The van der Waals surface area contributed by atoms with E-state index in [1.54, 1.807) is 6.92 Å². The number of thioether (sulfide) groups is 2. The normalized spacial score (nSPS) is 17.8. The first-order valence-electron chi connectivity index (χ1n) is 10.9. The molecule has 2 aliphatic heterocycles. The van der Waals surface area contributed by atoms with Crippen LogP contribution in [0.2, 0.25) is 0 Å². The number of phenolic OH excluding ortho intramolecular Hbond substituents is 2. The van der Waals surface area contributed by atoms with Crippen LogP contribution in [0, 0.1) is 6.92 Å². The van der Waals surface area contributed by atoms with Gasteiger partial charge in [-0.05, 0) is 31.4 Å². The number of hydrogen-bond acceptors (Lipinski definition) is 10. The standard InChI is InChI=1S/C21H27N3O9S3/c1-12-11-13(25)17-18(16(12)28)35-21(34-17)15-19(29)23(7-4-3-5-14(26)27)24(20(15)30)8-10-33-9-6-22-36(2,31)32/h11,22,25,28H,3-10H2,1-2H3,(H,26,27)/b21-15-. The molecule has 0 spiro atoms. The van der Waals surface area contributed by atoms with E-state index in [0.717, 1.165) is 29.8 Å². The Morgan fingerprint density at radius 1 is 1.06 bits per heavy atom. The number of sulfonamides is 1. The molecule has 0 aromatic heterocycles. The van der Waals surface area contributed by atoms with Gasteiger partial charge < -0.3 is 20.1 Å². The molecule has 4 N–H and O–H groups in total. The smallest absolute Gasteiger partial charge is 0.303 e. The zero-order valence-corrected chi connectivity index (χ0v) is 22.1. The number of aliphatic carboxylic acids is 1. The fourth-order valence-electron chi connectivity index (χ4n) is 3.52. The minimum Gasteiger partial charge on any atom is -0.507 e. The highest BCUT2D eigenvalue weighted by molar-refractivity contribution is 8.25. The molecule has 0 radical (unpaired) electrons. The van der Waals surface area contributed by atoms with Crippen LogP contribution < -0.4 is 4.72 Å². The summed E-state index contributed by atoms with van der Waals surface area (Å²) in [4.78, 5) is 38.2. The molecule has 15 heteroatoms. The SMILES string of the molecule is Cc1cc(O)c2c(c1O)S/C(=C1/C(=O)N(CCCCC(=O)O)N(CCOCCNS(C)(=O)=O)C1=O)S2. The van der Waals surface area contributed by atoms with E-state index in [-0.39, 0.29) is 56.3 Å². The van der Waals surface area contributed by atoms with Crippen LogP contribution in [-0.4, -0.2) is 90.6 Å². The van der Waals surface area contributed by atoms with Gasteiger partial charge in [-0.3, -0.25) is 14.4 Å². The zero-order chi connectivity index (χ0) is 26.6. The third-order valence-corrected chi connectivity index (χ3v) is 8.59. The maximum absolute atomic E-state index is 13.3. The zero-order valence-electron chi connectivity index (χ0n) is 19.6. The first kappa shape index (κ1) is 28.1. The molecule has 1 aromatic rings. The van der Waals surface area contributed by atoms with Crippen molar-refractivity contribution in [3.63, 3.8) is 0 Å². The Morgan fingerprint density at radius 3 is 2.33 bits per heavy atom. The number of unbranched alkanes of at least 4 members (excludes halogenated alkanes) is 1. The minimum atomic E-state index is -3.35. The Kier molecular flexibility index (Phi) is 9.16. The summed E-state index contributed by atoms with van der Waals surface area (Å²) in [5, 5.41) is 32.0. The van der Waals surface area contributed by atoms with Crippen LogP contribution in [0.15, 0.2) is 25.7 Å². The number of carbonyl (C=O) groups excluding carboxylic acids is 2. The van der Waals surface area contributed by atoms with Gasteiger partial charge >= 0.3 is 5.97 Å². The van der Waals surface area contributed by atoms with Gasteiger partial charge in [0, 0.05) is 19.5 Å². The number of nitrogens with one attached hydrogen (secondary N) is 1. The molecule has 0 atom stereocenters. The van der Waals surface area contributed by atoms with Gasteiger partial charge in [-0.2, -0.15) is 0 Å². The largest absolute Gasteiger partial charge is 0.507 e. The summed E-state index contributed by atoms with van der Waals surface area (Å²) in [6, 6.07) is 1.41. The predicted molar refractivity (Wildman–Crippen MR) is 132 cm³/mol.